The maximum Gasteiger partial charge on any atom is 0.198 e. The van der Waals surface area contributed by atoms with Crippen molar-refractivity contribution in [2.75, 3.05) is 0 Å². The molecule has 0 radical (unpaired) electrons. The highest BCUT2D eigenvalue weighted by atomic mass is 19.1. The van der Waals surface area contributed by atoms with Crippen LogP contribution in [0.1, 0.15) is 24.5 Å². The Morgan fingerprint density at radius 2 is 1.60 bits per heavy atom. The van der Waals surface area contributed by atoms with E-state index in [1.54, 1.807) is 12.1 Å². The molecule has 0 aromatic heterocycles. The summed E-state index contributed by atoms with van der Waals surface area (Å²) in [5, 5.41) is 8.87. The number of hydrogen-bond donors (Lipinski definition) is 1. The van der Waals surface area contributed by atoms with Crippen LogP contribution in [0.3, 0.4) is 0 Å². The second kappa shape index (κ2) is 6.48. The summed E-state index contributed by atoms with van der Waals surface area (Å²) in [6.45, 7) is 1.66. The van der Waals surface area contributed by atoms with Crippen molar-refractivity contribution < 1.29 is 18.6 Å². The van der Waals surface area contributed by atoms with E-state index >= 15 is 0 Å². The normalized spacial score (nSPS) is 10.6. The lowest BCUT2D eigenvalue weighted by Crippen LogP contribution is -1.96. The Labute approximate surface area is 116 Å². The van der Waals surface area contributed by atoms with Gasteiger partial charge in [0.05, 0.1) is 6.61 Å². The Bertz CT molecular complexity index is 557. The predicted octanol–water partition coefficient (Wildman–Crippen LogP) is 4.20. The van der Waals surface area contributed by atoms with E-state index in [1.807, 2.05) is 12.1 Å². The second-order valence-corrected chi connectivity index (χ2v) is 4.54. The monoisotopic (exact) mass is 278 g/mol. The third kappa shape index (κ3) is 3.33. The molecule has 0 unspecified atom stereocenters. The summed E-state index contributed by atoms with van der Waals surface area (Å²) < 4.78 is 32.7. The summed E-state index contributed by atoms with van der Waals surface area (Å²) >= 11 is 0. The molecule has 0 heterocycles. The molecule has 0 aliphatic carbocycles. The minimum absolute atomic E-state index is 0.172. The summed E-state index contributed by atoms with van der Waals surface area (Å²) in [5.41, 5.74) is 1.32. The molecule has 0 amide bonds. The van der Waals surface area contributed by atoms with Crippen LogP contribution in [0, 0.1) is 11.6 Å². The average Bonchev–Trinajstić information content (AvgIpc) is 2.44. The van der Waals surface area contributed by atoms with Crippen molar-refractivity contribution in [3.63, 3.8) is 0 Å². The zero-order valence-corrected chi connectivity index (χ0v) is 11.2. The highest BCUT2D eigenvalue weighted by Crippen LogP contribution is 2.29. The minimum atomic E-state index is -0.827. The van der Waals surface area contributed by atoms with Crippen molar-refractivity contribution in [3.05, 3.63) is 59.2 Å². The quantitative estimate of drug-likeness (QED) is 0.888. The van der Waals surface area contributed by atoms with Crippen molar-refractivity contribution in [1.29, 1.82) is 0 Å². The van der Waals surface area contributed by atoms with Crippen molar-refractivity contribution in [2.45, 2.75) is 26.4 Å². The van der Waals surface area contributed by atoms with E-state index in [4.69, 9.17) is 9.84 Å². The maximum absolute atomic E-state index is 13.7. The van der Waals surface area contributed by atoms with E-state index in [0.29, 0.717) is 5.75 Å². The van der Waals surface area contributed by atoms with Gasteiger partial charge in [0.1, 0.15) is 5.75 Å². The summed E-state index contributed by atoms with van der Waals surface area (Å²) in [5.74, 6) is -1.73. The first-order valence-electron chi connectivity index (χ1n) is 6.49. The predicted molar refractivity (Wildman–Crippen MR) is 72.8 cm³/mol. The molecule has 20 heavy (non-hydrogen) atoms. The Morgan fingerprint density at radius 1 is 1.00 bits per heavy atom. The Hall–Kier alpha value is -1.94. The number of rotatable bonds is 5. The number of aliphatic hydroxyl groups excluding tert-OH is 1. The molecule has 2 nitrogen and oxygen atoms in total. The molecule has 0 aliphatic heterocycles. The van der Waals surface area contributed by atoms with Gasteiger partial charge in [-0.15, -0.1) is 0 Å². The van der Waals surface area contributed by atoms with Crippen LogP contribution < -0.4 is 4.74 Å². The molecule has 2 aromatic rings. The van der Waals surface area contributed by atoms with E-state index in [2.05, 4.69) is 6.92 Å². The fraction of sp³-hybridized carbons (Fsp3) is 0.250. The van der Waals surface area contributed by atoms with Gasteiger partial charge in [0.25, 0.3) is 0 Å². The third-order valence-electron chi connectivity index (χ3n) is 2.92. The Balaban J connectivity index is 2.21. The molecule has 0 spiro atoms. The fourth-order valence-electron chi connectivity index (χ4n) is 1.93. The zero-order valence-electron chi connectivity index (χ0n) is 11.2. The van der Waals surface area contributed by atoms with Crippen molar-refractivity contribution in [3.8, 4) is 11.5 Å². The summed E-state index contributed by atoms with van der Waals surface area (Å²) in [4.78, 5) is 0. The van der Waals surface area contributed by atoms with Crippen LogP contribution >= 0.6 is 0 Å². The minimum Gasteiger partial charge on any atom is -0.451 e. The van der Waals surface area contributed by atoms with E-state index in [1.165, 1.54) is 0 Å². The number of aliphatic hydroxyl groups is 1. The molecule has 0 bridgehead atoms. The van der Waals surface area contributed by atoms with Gasteiger partial charge in [0.2, 0.25) is 0 Å². The van der Waals surface area contributed by atoms with Gasteiger partial charge >= 0.3 is 0 Å². The highest BCUT2D eigenvalue weighted by molar-refractivity contribution is 5.36. The van der Waals surface area contributed by atoms with Crippen molar-refractivity contribution in [2.24, 2.45) is 0 Å². The van der Waals surface area contributed by atoms with Gasteiger partial charge in [0.15, 0.2) is 17.4 Å². The molecular formula is C16H16F2O2. The van der Waals surface area contributed by atoms with Crippen LogP contribution in [-0.4, -0.2) is 5.11 Å². The summed E-state index contributed by atoms with van der Waals surface area (Å²) in [6, 6.07) is 9.23. The third-order valence-corrected chi connectivity index (χ3v) is 2.92. The van der Waals surface area contributed by atoms with Gasteiger partial charge in [-0.3, -0.25) is 0 Å². The van der Waals surface area contributed by atoms with Crippen molar-refractivity contribution >= 4 is 0 Å². The van der Waals surface area contributed by atoms with Crippen LogP contribution in [0.2, 0.25) is 0 Å². The van der Waals surface area contributed by atoms with Gasteiger partial charge in [-0.2, -0.15) is 0 Å². The first kappa shape index (κ1) is 14.5. The van der Waals surface area contributed by atoms with E-state index < -0.39 is 24.0 Å². The standard InChI is InChI=1S/C16H16F2O2/c1-2-3-11-4-6-13(7-5-11)20-16-14(17)8-12(10-19)9-15(16)18/h4-9,19H,2-3,10H2,1H3. The number of hydrogen-bond acceptors (Lipinski definition) is 2. The van der Waals surface area contributed by atoms with Gasteiger partial charge in [-0.05, 0) is 41.8 Å². The summed E-state index contributed by atoms with van der Waals surface area (Å²) in [7, 11) is 0. The SMILES string of the molecule is CCCc1ccc(Oc2c(F)cc(CO)cc2F)cc1. The number of aryl methyl sites for hydroxylation is 1. The number of ether oxygens (including phenoxy) is 1. The van der Waals surface area contributed by atoms with Gasteiger partial charge < -0.3 is 9.84 Å². The molecule has 4 heteroatoms. The molecule has 0 aliphatic rings. The molecule has 0 saturated heterocycles. The lowest BCUT2D eigenvalue weighted by Gasteiger charge is -2.09. The lowest BCUT2D eigenvalue weighted by atomic mass is 10.1. The van der Waals surface area contributed by atoms with E-state index in [-0.39, 0.29) is 5.56 Å². The Morgan fingerprint density at radius 3 is 2.10 bits per heavy atom. The topological polar surface area (TPSA) is 29.5 Å². The molecule has 0 saturated carbocycles. The van der Waals surface area contributed by atoms with Crippen LogP contribution in [0.4, 0.5) is 8.78 Å². The number of benzene rings is 2. The lowest BCUT2D eigenvalue weighted by molar-refractivity contribution is 0.279. The molecule has 0 atom stereocenters. The first-order valence-corrected chi connectivity index (χ1v) is 6.49. The zero-order chi connectivity index (χ0) is 14.5. The van der Waals surface area contributed by atoms with Crippen molar-refractivity contribution in [1.82, 2.24) is 0 Å². The van der Waals surface area contributed by atoms with Crippen LogP contribution in [0.5, 0.6) is 11.5 Å². The molecule has 2 rings (SSSR count). The highest BCUT2D eigenvalue weighted by Gasteiger charge is 2.13. The van der Waals surface area contributed by atoms with Gasteiger partial charge in [0, 0.05) is 0 Å². The fourth-order valence-corrected chi connectivity index (χ4v) is 1.93. The van der Waals surface area contributed by atoms with Crippen LogP contribution in [0.25, 0.3) is 0 Å². The Kier molecular flexibility index (Phi) is 4.69. The average molecular weight is 278 g/mol. The van der Waals surface area contributed by atoms with Crippen LogP contribution in [0.15, 0.2) is 36.4 Å². The smallest absolute Gasteiger partial charge is 0.198 e. The van der Waals surface area contributed by atoms with Gasteiger partial charge in [-0.25, -0.2) is 8.78 Å². The van der Waals surface area contributed by atoms with E-state index in [0.717, 1.165) is 30.5 Å². The maximum atomic E-state index is 13.7. The van der Waals surface area contributed by atoms with E-state index in [9.17, 15) is 8.78 Å². The largest absolute Gasteiger partial charge is 0.451 e. The first-order chi connectivity index (χ1) is 9.63. The molecular weight excluding hydrogens is 262 g/mol. The summed E-state index contributed by atoms with van der Waals surface area (Å²) in [6.07, 6.45) is 1.99. The van der Waals surface area contributed by atoms with Gasteiger partial charge in [-0.1, -0.05) is 25.5 Å². The molecule has 0 fully saturated rings. The van der Waals surface area contributed by atoms with Crippen LogP contribution in [-0.2, 0) is 13.0 Å². The molecule has 1 N–H and O–H groups in total. The number of halogens is 2. The molecule has 2 aromatic carbocycles. The second-order valence-electron chi connectivity index (χ2n) is 4.54. The molecule has 106 valence electrons.